The Labute approximate surface area is 117 Å². The molecule has 8 heteroatoms. The van der Waals surface area contributed by atoms with Crippen LogP contribution in [0, 0.1) is 0 Å². The Morgan fingerprint density at radius 1 is 1.47 bits per heavy atom. The fourth-order valence-corrected chi connectivity index (χ4v) is 2.71. The Kier molecular flexibility index (Phi) is 4.01. The van der Waals surface area contributed by atoms with E-state index in [0.29, 0.717) is 35.1 Å². The lowest BCUT2D eigenvalue weighted by molar-refractivity contribution is -0.120. The highest BCUT2D eigenvalue weighted by Crippen LogP contribution is 2.29. The van der Waals surface area contributed by atoms with Gasteiger partial charge in [0, 0.05) is 5.92 Å². The molecule has 1 aromatic heterocycles. The number of nitrogens with one attached hydrogen (secondary N) is 3. The number of imide groups is 1. The summed E-state index contributed by atoms with van der Waals surface area (Å²) in [6.07, 6.45) is 1.15. The summed E-state index contributed by atoms with van der Waals surface area (Å²) in [5, 5.41) is 4.73. The molecule has 0 saturated carbocycles. The van der Waals surface area contributed by atoms with Crippen molar-refractivity contribution in [2.24, 2.45) is 5.73 Å². The van der Waals surface area contributed by atoms with Crippen LogP contribution in [0.5, 0.6) is 0 Å². The first-order chi connectivity index (χ1) is 9.06. The van der Waals surface area contributed by atoms with Gasteiger partial charge in [-0.05, 0) is 40.5 Å². The number of nitrogens with two attached hydrogens (primary N) is 1. The first kappa shape index (κ1) is 13.8. The minimum absolute atomic E-state index is 0.339. The molecule has 2 atom stereocenters. The zero-order chi connectivity index (χ0) is 14.0. The van der Waals surface area contributed by atoms with Gasteiger partial charge in [-0.2, -0.15) is 0 Å². The molecule has 0 aliphatic carbocycles. The van der Waals surface area contributed by atoms with E-state index in [1.165, 1.54) is 0 Å². The Morgan fingerprint density at radius 2 is 2.21 bits per heavy atom. The van der Waals surface area contributed by atoms with Crippen LogP contribution in [0.2, 0.25) is 0 Å². The van der Waals surface area contributed by atoms with Gasteiger partial charge < -0.3 is 16.0 Å². The summed E-state index contributed by atoms with van der Waals surface area (Å²) in [6, 6.07) is 0.485. The number of H-pyrrole nitrogens is 1. The summed E-state index contributed by atoms with van der Waals surface area (Å²) >= 11 is 3.25. The van der Waals surface area contributed by atoms with E-state index in [2.05, 4.69) is 31.5 Å². The lowest BCUT2D eigenvalue weighted by Gasteiger charge is -2.20. The van der Waals surface area contributed by atoms with E-state index in [1.54, 1.807) is 6.07 Å². The van der Waals surface area contributed by atoms with Crippen LogP contribution in [0.25, 0.3) is 0 Å². The zero-order valence-corrected chi connectivity index (χ0v) is 11.5. The molecule has 2 rings (SSSR count). The third-order valence-electron chi connectivity index (χ3n) is 3.05. The highest BCUT2D eigenvalue weighted by molar-refractivity contribution is 9.10. The van der Waals surface area contributed by atoms with Crippen LogP contribution >= 0.6 is 15.9 Å². The van der Waals surface area contributed by atoms with Crippen LogP contribution < -0.4 is 16.4 Å². The van der Waals surface area contributed by atoms with Crippen molar-refractivity contribution in [2.75, 3.05) is 6.54 Å². The lowest BCUT2D eigenvalue weighted by atomic mass is 9.88. The van der Waals surface area contributed by atoms with Crippen molar-refractivity contribution >= 4 is 34.2 Å². The Balaban J connectivity index is 2.36. The van der Waals surface area contributed by atoms with Crippen molar-refractivity contribution in [3.63, 3.8) is 0 Å². The van der Waals surface area contributed by atoms with Crippen LogP contribution in [0.15, 0.2) is 10.7 Å². The number of halogens is 1. The number of amides is 3. The lowest BCUT2D eigenvalue weighted by Crippen LogP contribution is -2.36. The molecule has 102 valence electrons. The van der Waals surface area contributed by atoms with Crippen molar-refractivity contribution in [3.8, 4) is 0 Å². The molecule has 0 bridgehead atoms. The van der Waals surface area contributed by atoms with Gasteiger partial charge in [0.05, 0.1) is 10.3 Å². The van der Waals surface area contributed by atoms with Crippen LogP contribution in [-0.2, 0) is 4.79 Å². The molecule has 0 radical (unpaired) electrons. The van der Waals surface area contributed by atoms with E-state index in [4.69, 9.17) is 5.73 Å². The molecular formula is C11H13BrN4O3. The third kappa shape index (κ3) is 2.69. The predicted octanol–water partition coefficient (Wildman–Crippen LogP) is 0.230. The fourth-order valence-electron chi connectivity index (χ4n) is 2.25. The van der Waals surface area contributed by atoms with Crippen LogP contribution in [0.3, 0.4) is 0 Å². The molecule has 2 heterocycles. The van der Waals surface area contributed by atoms with Gasteiger partial charge in [-0.3, -0.25) is 14.9 Å². The zero-order valence-electron chi connectivity index (χ0n) is 9.90. The van der Waals surface area contributed by atoms with Gasteiger partial charge in [0.25, 0.3) is 5.91 Å². The second-order valence-corrected chi connectivity index (χ2v) is 5.08. The van der Waals surface area contributed by atoms with Crippen molar-refractivity contribution in [1.29, 1.82) is 0 Å². The average molecular weight is 329 g/mol. The second-order valence-electron chi connectivity index (χ2n) is 4.23. The predicted molar refractivity (Wildman–Crippen MR) is 70.8 cm³/mol. The molecule has 1 aliphatic rings. The van der Waals surface area contributed by atoms with Gasteiger partial charge in [-0.1, -0.05) is 0 Å². The topological polar surface area (TPSA) is 117 Å². The first-order valence-electron chi connectivity index (χ1n) is 5.71. The monoisotopic (exact) mass is 328 g/mol. The largest absolute Gasteiger partial charge is 0.347 e. The number of aromatic amines is 1. The first-order valence-corrected chi connectivity index (χ1v) is 6.51. The number of hydrogen-bond donors (Lipinski definition) is 4. The molecule has 7 nitrogen and oxygen atoms in total. The molecule has 0 spiro atoms. The summed E-state index contributed by atoms with van der Waals surface area (Å²) in [6.45, 7) is 0.339. The minimum Gasteiger partial charge on any atom is -0.347 e. The second kappa shape index (κ2) is 5.54. The molecule has 2 unspecified atom stereocenters. The summed E-state index contributed by atoms with van der Waals surface area (Å²) < 4.78 is 0.636. The molecule has 0 aromatic carbocycles. The molecule has 1 aromatic rings. The standard InChI is InChI=1S/C11H13BrN4O3/c12-8-3-6(7(4-17)14-8)5(1-2-13)9-10(18)16-11(19)15-9/h3-5,9,14H,1-2,13H2,(H2,15,16,18,19). The molecule has 19 heavy (non-hydrogen) atoms. The van der Waals surface area contributed by atoms with E-state index in [9.17, 15) is 14.4 Å². The van der Waals surface area contributed by atoms with E-state index in [0.717, 1.165) is 0 Å². The van der Waals surface area contributed by atoms with E-state index < -0.39 is 18.0 Å². The van der Waals surface area contributed by atoms with Gasteiger partial charge in [0.1, 0.15) is 6.04 Å². The van der Waals surface area contributed by atoms with Gasteiger partial charge in [0.15, 0.2) is 6.29 Å². The van der Waals surface area contributed by atoms with E-state index >= 15 is 0 Å². The number of rotatable bonds is 5. The molecule has 1 saturated heterocycles. The molecular weight excluding hydrogens is 316 g/mol. The van der Waals surface area contributed by atoms with E-state index in [-0.39, 0.29) is 5.92 Å². The van der Waals surface area contributed by atoms with Crippen molar-refractivity contribution in [2.45, 2.75) is 18.4 Å². The van der Waals surface area contributed by atoms with Gasteiger partial charge in [-0.25, -0.2) is 4.79 Å². The van der Waals surface area contributed by atoms with Gasteiger partial charge in [0.2, 0.25) is 0 Å². The van der Waals surface area contributed by atoms with Crippen LogP contribution in [-0.4, -0.2) is 35.8 Å². The Morgan fingerprint density at radius 3 is 2.74 bits per heavy atom. The smallest absolute Gasteiger partial charge is 0.322 e. The fraction of sp³-hybridized carbons (Fsp3) is 0.364. The number of hydrogen-bond acceptors (Lipinski definition) is 4. The van der Waals surface area contributed by atoms with Crippen molar-refractivity contribution in [1.82, 2.24) is 15.6 Å². The maximum Gasteiger partial charge on any atom is 0.322 e. The van der Waals surface area contributed by atoms with Gasteiger partial charge in [-0.15, -0.1) is 0 Å². The van der Waals surface area contributed by atoms with Crippen molar-refractivity contribution < 1.29 is 14.4 Å². The van der Waals surface area contributed by atoms with Gasteiger partial charge >= 0.3 is 6.03 Å². The third-order valence-corrected chi connectivity index (χ3v) is 3.48. The maximum absolute atomic E-state index is 11.7. The maximum atomic E-state index is 11.7. The average Bonchev–Trinajstić information content (AvgIpc) is 2.89. The Hall–Kier alpha value is -1.67. The highest BCUT2D eigenvalue weighted by Gasteiger charge is 2.37. The molecule has 3 amide bonds. The molecule has 1 fully saturated rings. The Bertz CT molecular complexity index is 528. The summed E-state index contributed by atoms with van der Waals surface area (Å²) in [7, 11) is 0. The number of carbonyl (C=O) groups is 3. The number of urea groups is 1. The van der Waals surface area contributed by atoms with Crippen LogP contribution in [0.1, 0.15) is 28.4 Å². The quantitative estimate of drug-likeness (QED) is 0.457. The number of aromatic nitrogens is 1. The number of carbonyl (C=O) groups excluding carboxylic acids is 3. The minimum atomic E-state index is -0.711. The molecule has 5 N–H and O–H groups in total. The van der Waals surface area contributed by atoms with E-state index in [1.807, 2.05) is 0 Å². The summed E-state index contributed by atoms with van der Waals surface area (Å²) in [4.78, 5) is 36.8. The van der Waals surface area contributed by atoms with Crippen molar-refractivity contribution in [3.05, 3.63) is 21.9 Å². The summed E-state index contributed by atoms with van der Waals surface area (Å²) in [5.74, 6) is -0.753. The SMILES string of the molecule is NCCC(c1cc(Br)[nH]c1C=O)C1NC(=O)NC1=O. The number of aldehydes is 1. The summed E-state index contributed by atoms with van der Waals surface area (Å²) in [5.41, 5.74) is 6.59. The molecule has 1 aliphatic heterocycles. The normalized spacial score (nSPS) is 20.0. The van der Waals surface area contributed by atoms with Crippen LogP contribution in [0.4, 0.5) is 4.79 Å². The highest BCUT2D eigenvalue weighted by atomic mass is 79.9.